The summed E-state index contributed by atoms with van der Waals surface area (Å²) in [6.07, 6.45) is 3.67. The summed E-state index contributed by atoms with van der Waals surface area (Å²) in [5, 5.41) is 0.490. The fourth-order valence-corrected chi connectivity index (χ4v) is 7.01. The molecule has 1 amide bonds. The van der Waals surface area contributed by atoms with Crippen LogP contribution in [0.4, 0.5) is 4.79 Å². The Morgan fingerprint density at radius 1 is 1.15 bits per heavy atom. The van der Waals surface area contributed by atoms with Crippen LogP contribution < -0.4 is 0 Å². The maximum absolute atomic E-state index is 13.6. The number of rotatable bonds is 9. The molecule has 0 saturated carbocycles. The van der Waals surface area contributed by atoms with E-state index in [1.807, 2.05) is 6.92 Å². The summed E-state index contributed by atoms with van der Waals surface area (Å²) >= 11 is 5.98. The van der Waals surface area contributed by atoms with Crippen molar-refractivity contribution in [1.82, 2.24) is 14.1 Å². The second kappa shape index (κ2) is 12.5. The number of hydrogen-bond donors (Lipinski definition) is 0. The van der Waals surface area contributed by atoms with E-state index in [1.165, 1.54) is 0 Å². The van der Waals surface area contributed by atoms with Crippen LogP contribution in [0.3, 0.4) is 0 Å². The molecule has 192 valence electrons. The number of benzene rings is 1. The first-order chi connectivity index (χ1) is 16.3. The number of carbonyl (C=O) groups is 1. The molecule has 1 aromatic carbocycles. The number of nitrogens with zero attached hydrogens (tertiary/aromatic N) is 3. The average molecular weight is 516 g/mol. The third-order valence-corrected chi connectivity index (χ3v) is 9.03. The molecule has 3 rings (SSSR count). The monoisotopic (exact) mass is 515 g/mol. The van der Waals surface area contributed by atoms with Gasteiger partial charge in [0.15, 0.2) is 0 Å². The zero-order chi connectivity index (χ0) is 24.7. The van der Waals surface area contributed by atoms with Crippen LogP contribution in [0.15, 0.2) is 29.2 Å². The first-order valence-electron chi connectivity index (χ1n) is 12.2. The molecule has 2 heterocycles. The van der Waals surface area contributed by atoms with E-state index in [1.54, 1.807) is 40.6 Å². The Hall–Kier alpha value is -1.39. The number of hydrogen-bond acceptors (Lipinski definition) is 6. The number of carbonyl (C=O) groups excluding carboxylic acids is 1. The fourth-order valence-electron chi connectivity index (χ4n) is 5.00. The highest BCUT2D eigenvalue weighted by Gasteiger charge is 2.40. The average Bonchev–Trinajstić information content (AvgIpc) is 2.81. The van der Waals surface area contributed by atoms with E-state index in [4.69, 9.17) is 21.1 Å². The molecule has 10 heteroatoms. The lowest BCUT2D eigenvalue weighted by Gasteiger charge is -2.42. The predicted octanol–water partition coefficient (Wildman–Crippen LogP) is 3.84. The van der Waals surface area contributed by atoms with Gasteiger partial charge in [0, 0.05) is 50.4 Å². The minimum Gasteiger partial charge on any atom is -0.448 e. The number of piperazine rings is 1. The second-order valence-corrected chi connectivity index (χ2v) is 11.5. The highest BCUT2D eigenvalue weighted by atomic mass is 35.5. The van der Waals surface area contributed by atoms with Gasteiger partial charge in [-0.15, -0.1) is 0 Å². The molecule has 34 heavy (non-hydrogen) atoms. The highest BCUT2D eigenvalue weighted by molar-refractivity contribution is 7.89. The molecule has 2 aliphatic rings. The van der Waals surface area contributed by atoms with E-state index < -0.39 is 10.0 Å². The molecule has 3 atom stereocenters. The van der Waals surface area contributed by atoms with Crippen molar-refractivity contribution in [3.8, 4) is 0 Å². The highest BCUT2D eigenvalue weighted by Crippen LogP contribution is 2.32. The van der Waals surface area contributed by atoms with Crippen LogP contribution in [0.1, 0.15) is 46.0 Å². The van der Waals surface area contributed by atoms with E-state index in [9.17, 15) is 13.2 Å². The fraction of sp³-hybridized carbons (Fsp3) is 0.708. The molecule has 2 fully saturated rings. The van der Waals surface area contributed by atoms with E-state index in [-0.39, 0.29) is 35.7 Å². The van der Waals surface area contributed by atoms with Crippen LogP contribution in [0, 0.1) is 0 Å². The maximum atomic E-state index is 13.6. The van der Waals surface area contributed by atoms with E-state index in [0.29, 0.717) is 24.6 Å². The third-order valence-electron chi connectivity index (χ3n) is 6.76. The first-order valence-corrected chi connectivity index (χ1v) is 14.0. The van der Waals surface area contributed by atoms with Crippen molar-refractivity contribution in [3.63, 3.8) is 0 Å². The Kier molecular flexibility index (Phi) is 10.0. The van der Waals surface area contributed by atoms with Gasteiger partial charge in [-0.2, -0.15) is 4.31 Å². The Morgan fingerprint density at radius 3 is 2.50 bits per heavy atom. The molecule has 0 N–H and O–H groups in total. The first kappa shape index (κ1) is 27.2. The predicted molar refractivity (Wildman–Crippen MR) is 133 cm³/mol. The lowest BCUT2D eigenvalue weighted by molar-refractivity contribution is 0.0274. The molecule has 0 radical (unpaired) electrons. The van der Waals surface area contributed by atoms with Gasteiger partial charge in [0.05, 0.1) is 17.5 Å². The quantitative estimate of drug-likeness (QED) is 0.497. The Balaban J connectivity index is 1.69. The summed E-state index contributed by atoms with van der Waals surface area (Å²) in [4.78, 5) is 17.2. The van der Waals surface area contributed by atoms with Gasteiger partial charge < -0.3 is 14.4 Å². The van der Waals surface area contributed by atoms with Crippen LogP contribution in [0.2, 0.25) is 5.02 Å². The van der Waals surface area contributed by atoms with Crippen molar-refractivity contribution < 1.29 is 22.7 Å². The van der Waals surface area contributed by atoms with Crippen molar-refractivity contribution in [1.29, 1.82) is 0 Å². The summed E-state index contributed by atoms with van der Waals surface area (Å²) in [6.45, 7) is 7.74. The van der Waals surface area contributed by atoms with Gasteiger partial charge in [-0.1, -0.05) is 31.4 Å². The minimum absolute atomic E-state index is 0.0196. The van der Waals surface area contributed by atoms with Gasteiger partial charge in [-0.05, 0) is 50.5 Å². The van der Waals surface area contributed by atoms with Crippen molar-refractivity contribution in [3.05, 3.63) is 29.3 Å². The number of halogens is 1. The van der Waals surface area contributed by atoms with Gasteiger partial charge in [0.25, 0.3) is 0 Å². The van der Waals surface area contributed by atoms with E-state index in [0.717, 1.165) is 45.3 Å². The summed E-state index contributed by atoms with van der Waals surface area (Å²) in [6, 6.07) is 5.81. The number of methoxy groups -OCH3 is 1. The molecular weight excluding hydrogens is 478 g/mol. The van der Waals surface area contributed by atoms with Crippen molar-refractivity contribution in [2.75, 3.05) is 46.5 Å². The molecule has 0 aromatic heterocycles. The largest absolute Gasteiger partial charge is 0.448 e. The van der Waals surface area contributed by atoms with Gasteiger partial charge in [0.2, 0.25) is 10.0 Å². The number of piperidine rings is 1. The molecule has 0 spiro atoms. The lowest BCUT2D eigenvalue weighted by atomic mass is 9.96. The van der Waals surface area contributed by atoms with Crippen LogP contribution in [-0.2, 0) is 19.5 Å². The Bertz CT molecular complexity index is 896. The van der Waals surface area contributed by atoms with Gasteiger partial charge in [-0.25, -0.2) is 13.2 Å². The van der Waals surface area contributed by atoms with Crippen LogP contribution in [-0.4, -0.2) is 93.2 Å². The lowest BCUT2D eigenvalue weighted by Crippen LogP contribution is -2.56. The van der Waals surface area contributed by atoms with Crippen LogP contribution in [0.5, 0.6) is 0 Å². The number of sulfonamides is 1. The smallest absolute Gasteiger partial charge is 0.410 e. The Labute approximate surface area is 209 Å². The number of ether oxygens (including phenoxy) is 2. The zero-order valence-electron chi connectivity index (χ0n) is 20.5. The standard InChI is InChI=1S/C24H38ClN3O5S/c1-4-6-21-7-5-8-22(28(21)34(30,31)23-11-9-20(25)10-12-23)18-33-24(29)27-14-13-26(15-16-32-3)17-19(27)2/h9-12,19,21-22H,4-8,13-18H2,1-3H3/t19-,21-,22-/m0/s1. The van der Waals surface area contributed by atoms with Crippen molar-refractivity contribution >= 4 is 27.7 Å². The Morgan fingerprint density at radius 2 is 1.85 bits per heavy atom. The van der Waals surface area contributed by atoms with E-state index in [2.05, 4.69) is 11.8 Å². The molecule has 2 saturated heterocycles. The normalized spacial score (nSPS) is 24.8. The maximum Gasteiger partial charge on any atom is 0.410 e. The van der Waals surface area contributed by atoms with Crippen molar-refractivity contribution in [2.24, 2.45) is 0 Å². The van der Waals surface area contributed by atoms with Gasteiger partial charge in [0.1, 0.15) is 6.61 Å². The minimum atomic E-state index is -3.75. The molecule has 0 bridgehead atoms. The number of amides is 1. The summed E-state index contributed by atoms with van der Waals surface area (Å²) < 4.78 is 39.7. The van der Waals surface area contributed by atoms with Crippen LogP contribution in [0.25, 0.3) is 0 Å². The summed E-state index contributed by atoms with van der Waals surface area (Å²) in [5.41, 5.74) is 0. The topological polar surface area (TPSA) is 79.4 Å². The summed E-state index contributed by atoms with van der Waals surface area (Å²) in [5.74, 6) is 0. The molecule has 2 aliphatic heterocycles. The second-order valence-electron chi connectivity index (χ2n) is 9.23. The molecular formula is C24H38ClN3O5S. The van der Waals surface area contributed by atoms with Gasteiger partial charge in [-0.3, -0.25) is 4.90 Å². The SMILES string of the molecule is CCC[C@H]1CCC[C@@H](COC(=O)N2CCN(CCOC)C[C@@H]2C)N1S(=O)(=O)c1ccc(Cl)cc1. The molecule has 0 aliphatic carbocycles. The molecule has 1 aromatic rings. The zero-order valence-corrected chi connectivity index (χ0v) is 22.1. The third kappa shape index (κ3) is 6.63. The summed E-state index contributed by atoms with van der Waals surface area (Å²) in [7, 11) is -2.06. The van der Waals surface area contributed by atoms with Gasteiger partial charge >= 0.3 is 6.09 Å². The molecule has 8 nitrogen and oxygen atoms in total. The van der Waals surface area contributed by atoms with Crippen molar-refractivity contribution in [2.45, 2.75) is 69.0 Å². The van der Waals surface area contributed by atoms with E-state index >= 15 is 0 Å². The molecule has 0 unspecified atom stereocenters. The van der Waals surface area contributed by atoms with Crippen LogP contribution >= 0.6 is 11.6 Å².